The third kappa shape index (κ3) is 10.2. The van der Waals surface area contributed by atoms with Gasteiger partial charge in [-0.1, -0.05) is 84.9 Å². The number of rotatable bonds is 14. The topological polar surface area (TPSA) is 38.2 Å². The molecule has 4 aromatic carbocycles. The standard InChI is InChI=1S/C40H47FN6/c1-44(2)40(45(3)4)43-25-10-26-46(30-36-13-9-12-35-11-5-6-15-39(35)36)27-32-16-18-33(19-17-32)28-47(31-38-14-7-8-24-42-38)29-34-20-22-37(41)23-21-34/h5-9,11-24H,10,25-31H2,1-4H3. The number of pyridine rings is 1. The molecular weight excluding hydrogens is 583 g/mol. The first-order valence-electron chi connectivity index (χ1n) is 16.4. The number of hydrogen-bond acceptors (Lipinski definition) is 4. The predicted molar refractivity (Wildman–Crippen MR) is 192 cm³/mol. The van der Waals surface area contributed by atoms with Gasteiger partial charge in [-0.25, -0.2) is 4.39 Å². The smallest absolute Gasteiger partial charge is 0.195 e. The van der Waals surface area contributed by atoms with Crippen molar-refractivity contribution in [3.05, 3.63) is 149 Å². The zero-order valence-corrected chi connectivity index (χ0v) is 28.2. The Labute approximate surface area is 279 Å². The summed E-state index contributed by atoms with van der Waals surface area (Å²) in [5, 5.41) is 2.58. The predicted octanol–water partition coefficient (Wildman–Crippen LogP) is 7.45. The van der Waals surface area contributed by atoms with Crippen LogP contribution in [0.4, 0.5) is 4.39 Å². The van der Waals surface area contributed by atoms with E-state index in [1.54, 1.807) is 0 Å². The fraction of sp³-hybridized carbons (Fsp3) is 0.300. The second-order valence-corrected chi connectivity index (χ2v) is 12.6. The molecule has 0 fully saturated rings. The highest BCUT2D eigenvalue weighted by Gasteiger charge is 2.13. The van der Waals surface area contributed by atoms with Gasteiger partial charge in [0.25, 0.3) is 0 Å². The molecule has 1 heterocycles. The van der Waals surface area contributed by atoms with Crippen LogP contribution in [0.3, 0.4) is 0 Å². The third-order valence-corrected chi connectivity index (χ3v) is 8.23. The van der Waals surface area contributed by atoms with Gasteiger partial charge in [0, 0.05) is 80.2 Å². The maximum Gasteiger partial charge on any atom is 0.195 e. The van der Waals surface area contributed by atoms with E-state index >= 15 is 0 Å². The van der Waals surface area contributed by atoms with Crippen molar-refractivity contribution in [1.82, 2.24) is 24.6 Å². The van der Waals surface area contributed by atoms with E-state index in [-0.39, 0.29) is 5.82 Å². The molecule has 5 rings (SSSR count). The van der Waals surface area contributed by atoms with Crippen molar-refractivity contribution in [3.63, 3.8) is 0 Å². The quantitative estimate of drug-likeness (QED) is 0.0724. The zero-order valence-electron chi connectivity index (χ0n) is 28.2. The molecule has 0 saturated carbocycles. The molecule has 6 nitrogen and oxygen atoms in total. The Morgan fingerprint density at radius 1 is 0.617 bits per heavy atom. The minimum atomic E-state index is -0.213. The van der Waals surface area contributed by atoms with Gasteiger partial charge < -0.3 is 9.80 Å². The molecule has 7 heteroatoms. The molecule has 47 heavy (non-hydrogen) atoms. The van der Waals surface area contributed by atoms with Crippen LogP contribution in [0.1, 0.15) is 34.4 Å². The van der Waals surface area contributed by atoms with Crippen LogP contribution in [0, 0.1) is 5.82 Å². The largest absolute Gasteiger partial charge is 0.349 e. The van der Waals surface area contributed by atoms with Crippen LogP contribution in [-0.2, 0) is 32.7 Å². The molecule has 0 saturated heterocycles. The van der Waals surface area contributed by atoms with E-state index < -0.39 is 0 Å². The van der Waals surface area contributed by atoms with Crippen molar-refractivity contribution < 1.29 is 4.39 Å². The second kappa shape index (κ2) is 16.8. The third-order valence-electron chi connectivity index (χ3n) is 8.23. The van der Waals surface area contributed by atoms with Crippen LogP contribution in [0.2, 0.25) is 0 Å². The Morgan fingerprint density at radius 3 is 1.85 bits per heavy atom. The summed E-state index contributed by atoms with van der Waals surface area (Å²) in [5.41, 5.74) is 5.96. The van der Waals surface area contributed by atoms with Crippen LogP contribution >= 0.6 is 0 Å². The monoisotopic (exact) mass is 630 g/mol. The van der Waals surface area contributed by atoms with Crippen LogP contribution in [0.15, 0.2) is 120 Å². The zero-order chi connectivity index (χ0) is 33.0. The lowest BCUT2D eigenvalue weighted by Gasteiger charge is -2.25. The van der Waals surface area contributed by atoms with Gasteiger partial charge in [0.2, 0.25) is 0 Å². The van der Waals surface area contributed by atoms with Gasteiger partial charge in [-0.15, -0.1) is 0 Å². The van der Waals surface area contributed by atoms with Crippen LogP contribution in [0.5, 0.6) is 0 Å². The maximum absolute atomic E-state index is 13.6. The number of halogens is 1. The Hall–Kier alpha value is -4.59. The first-order valence-corrected chi connectivity index (χ1v) is 16.4. The summed E-state index contributed by atoms with van der Waals surface area (Å²) in [6.45, 7) is 5.64. The number of aromatic nitrogens is 1. The molecule has 1 aromatic heterocycles. The Bertz CT molecular complexity index is 1690. The van der Waals surface area contributed by atoms with E-state index in [1.165, 1.54) is 39.6 Å². The Morgan fingerprint density at radius 2 is 1.21 bits per heavy atom. The molecule has 0 atom stereocenters. The minimum Gasteiger partial charge on any atom is -0.349 e. The fourth-order valence-electron chi connectivity index (χ4n) is 6.04. The summed E-state index contributed by atoms with van der Waals surface area (Å²) in [4.78, 5) is 18.4. The highest BCUT2D eigenvalue weighted by molar-refractivity contribution is 5.85. The highest BCUT2D eigenvalue weighted by atomic mass is 19.1. The lowest BCUT2D eigenvalue weighted by Crippen LogP contribution is -2.35. The summed E-state index contributed by atoms with van der Waals surface area (Å²) in [7, 11) is 8.15. The van der Waals surface area contributed by atoms with E-state index in [0.717, 1.165) is 56.4 Å². The van der Waals surface area contributed by atoms with E-state index in [1.807, 2.05) is 58.7 Å². The van der Waals surface area contributed by atoms with Gasteiger partial charge >= 0.3 is 0 Å². The number of hydrogen-bond donors (Lipinski definition) is 0. The van der Waals surface area contributed by atoms with Crippen LogP contribution in [0.25, 0.3) is 10.8 Å². The number of guanidine groups is 1. The van der Waals surface area contributed by atoms with Crippen LogP contribution < -0.4 is 0 Å². The SMILES string of the molecule is CN(C)C(=NCCCN(Cc1ccc(CN(Cc2ccc(F)cc2)Cc2ccccn2)cc1)Cc1cccc2ccccc12)N(C)C. The van der Waals surface area contributed by atoms with E-state index in [0.29, 0.717) is 13.1 Å². The van der Waals surface area contributed by atoms with Gasteiger partial charge in [-0.05, 0) is 63.7 Å². The van der Waals surface area contributed by atoms with Gasteiger partial charge in [-0.3, -0.25) is 19.8 Å². The lowest BCUT2D eigenvalue weighted by molar-refractivity contribution is 0.244. The Balaban J connectivity index is 1.30. The molecule has 0 unspecified atom stereocenters. The first kappa shape index (κ1) is 33.8. The minimum absolute atomic E-state index is 0.213. The molecule has 0 N–H and O–H groups in total. The molecule has 0 aliphatic rings. The number of benzene rings is 4. The maximum atomic E-state index is 13.6. The summed E-state index contributed by atoms with van der Waals surface area (Å²) >= 11 is 0. The van der Waals surface area contributed by atoms with Gasteiger partial charge in [0.05, 0.1) is 5.69 Å². The summed E-state index contributed by atoms with van der Waals surface area (Å²) in [6.07, 6.45) is 2.81. The molecule has 0 aliphatic carbocycles. The highest BCUT2D eigenvalue weighted by Crippen LogP contribution is 2.22. The second-order valence-electron chi connectivity index (χ2n) is 12.6. The van der Waals surface area contributed by atoms with E-state index in [9.17, 15) is 4.39 Å². The first-order chi connectivity index (χ1) is 22.8. The van der Waals surface area contributed by atoms with Crippen molar-refractivity contribution >= 4 is 16.7 Å². The van der Waals surface area contributed by atoms with Crippen molar-refractivity contribution in [2.75, 3.05) is 41.3 Å². The molecular formula is C40H47FN6. The van der Waals surface area contributed by atoms with Crippen molar-refractivity contribution in [2.45, 2.75) is 39.1 Å². The molecule has 0 spiro atoms. The molecule has 244 valence electrons. The Kier molecular flexibility index (Phi) is 12.1. The van der Waals surface area contributed by atoms with Gasteiger partial charge in [-0.2, -0.15) is 0 Å². The van der Waals surface area contributed by atoms with E-state index in [4.69, 9.17) is 4.99 Å². The van der Waals surface area contributed by atoms with Gasteiger partial charge in [0.1, 0.15) is 5.82 Å². The molecule has 0 bridgehead atoms. The number of aliphatic imine (C=N–C) groups is 1. The molecule has 0 amide bonds. The number of nitrogens with zero attached hydrogens (tertiary/aromatic N) is 6. The van der Waals surface area contributed by atoms with Crippen molar-refractivity contribution in [1.29, 1.82) is 0 Å². The van der Waals surface area contributed by atoms with Gasteiger partial charge in [0.15, 0.2) is 5.96 Å². The summed E-state index contributed by atoms with van der Waals surface area (Å²) in [5.74, 6) is 0.771. The molecule has 0 radical (unpaired) electrons. The summed E-state index contributed by atoms with van der Waals surface area (Å²) < 4.78 is 13.6. The number of fused-ring (bicyclic) bond motifs is 1. The van der Waals surface area contributed by atoms with Crippen molar-refractivity contribution in [2.24, 2.45) is 4.99 Å². The molecule has 5 aromatic rings. The molecule has 0 aliphatic heterocycles. The normalized spacial score (nSPS) is 11.3. The average Bonchev–Trinajstić information content (AvgIpc) is 3.07. The fourth-order valence-corrected chi connectivity index (χ4v) is 6.04. The van der Waals surface area contributed by atoms with Crippen LogP contribution in [-0.4, -0.2) is 71.8 Å². The summed E-state index contributed by atoms with van der Waals surface area (Å²) in [6, 6.07) is 37.1. The van der Waals surface area contributed by atoms with Crippen molar-refractivity contribution in [3.8, 4) is 0 Å². The average molecular weight is 631 g/mol. The lowest BCUT2D eigenvalue weighted by atomic mass is 10.0. The van der Waals surface area contributed by atoms with E-state index in [2.05, 4.69) is 97.4 Å².